The number of carbonyl (C=O) groups is 1. The molecule has 2 N–H and O–H groups in total. The Morgan fingerprint density at radius 2 is 2.06 bits per heavy atom. The van der Waals surface area contributed by atoms with Crippen LogP contribution in [0.3, 0.4) is 0 Å². The summed E-state index contributed by atoms with van der Waals surface area (Å²) in [6.45, 7) is 0.840. The van der Waals surface area contributed by atoms with Crippen LogP contribution in [0.15, 0.2) is 30.3 Å². The van der Waals surface area contributed by atoms with Crippen molar-refractivity contribution in [3.05, 3.63) is 35.9 Å². The zero-order chi connectivity index (χ0) is 11.5. The number of nitrogens with zero attached hydrogens (tertiary/aromatic N) is 1. The molecule has 2 atom stereocenters. The summed E-state index contributed by atoms with van der Waals surface area (Å²) in [6.07, 6.45) is -0.980. The van der Waals surface area contributed by atoms with Crippen LogP contribution >= 0.6 is 0 Å². The van der Waals surface area contributed by atoms with Gasteiger partial charge in [0, 0.05) is 13.1 Å². The van der Waals surface area contributed by atoms with Gasteiger partial charge in [-0.2, -0.15) is 0 Å². The van der Waals surface area contributed by atoms with Crippen molar-refractivity contribution in [3.8, 4) is 0 Å². The predicted molar refractivity (Wildman–Crippen MR) is 58.6 cm³/mol. The lowest BCUT2D eigenvalue weighted by atomic mass is 10.1. The van der Waals surface area contributed by atoms with Crippen molar-refractivity contribution in [2.75, 3.05) is 13.1 Å². The highest BCUT2D eigenvalue weighted by Gasteiger charge is 2.29. The first-order chi connectivity index (χ1) is 7.68. The number of amides is 1. The van der Waals surface area contributed by atoms with Gasteiger partial charge in [0.2, 0.25) is 0 Å². The maximum Gasteiger partial charge on any atom is 0.256 e. The fourth-order valence-corrected chi connectivity index (χ4v) is 1.89. The third-order valence-electron chi connectivity index (χ3n) is 2.82. The number of hydrogen-bond acceptors (Lipinski definition) is 3. The second kappa shape index (κ2) is 4.63. The minimum Gasteiger partial charge on any atom is -0.391 e. The number of benzene rings is 1. The van der Waals surface area contributed by atoms with E-state index < -0.39 is 12.2 Å². The highest BCUT2D eigenvalue weighted by atomic mass is 16.3. The van der Waals surface area contributed by atoms with E-state index in [1.807, 2.05) is 6.07 Å². The Hall–Kier alpha value is -1.39. The molecule has 86 valence electrons. The average molecular weight is 221 g/mol. The summed E-state index contributed by atoms with van der Waals surface area (Å²) >= 11 is 0. The van der Waals surface area contributed by atoms with E-state index in [0.29, 0.717) is 25.1 Å². The lowest BCUT2D eigenvalue weighted by Crippen LogP contribution is -2.33. The molecular weight excluding hydrogens is 206 g/mol. The molecule has 1 amide bonds. The zero-order valence-electron chi connectivity index (χ0n) is 8.91. The second-order valence-corrected chi connectivity index (χ2v) is 4.04. The van der Waals surface area contributed by atoms with Crippen LogP contribution in [0.1, 0.15) is 18.1 Å². The number of aliphatic hydroxyl groups is 2. The molecule has 16 heavy (non-hydrogen) atoms. The topological polar surface area (TPSA) is 60.8 Å². The summed E-state index contributed by atoms with van der Waals surface area (Å²) in [7, 11) is 0. The molecule has 1 saturated heterocycles. The van der Waals surface area contributed by atoms with Crippen LogP contribution in [0.25, 0.3) is 0 Å². The molecule has 2 rings (SSSR count). The summed E-state index contributed by atoms with van der Waals surface area (Å²) in [5.74, 6) is -0.331. The standard InChI is InChI=1S/C12H15NO3/c14-10-6-7-13(8-10)12(16)11(15)9-4-2-1-3-5-9/h1-5,10-11,14-15H,6-8H2/t10-,11?/m0/s1. The summed E-state index contributed by atoms with van der Waals surface area (Å²) in [5, 5.41) is 19.2. The van der Waals surface area contributed by atoms with Gasteiger partial charge in [-0.3, -0.25) is 4.79 Å². The van der Waals surface area contributed by atoms with E-state index in [0.717, 1.165) is 0 Å². The first-order valence-electron chi connectivity index (χ1n) is 5.38. The highest BCUT2D eigenvalue weighted by Crippen LogP contribution is 2.18. The van der Waals surface area contributed by atoms with Gasteiger partial charge in [-0.1, -0.05) is 30.3 Å². The number of rotatable bonds is 2. The Morgan fingerprint density at radius 3 is 2.62 bits per heavy atom. The minimum atomic E-state index is -1.12. The Labute approximate surface area is 94.1 Å². The average Bonchev–Trinajstić information content (AvgIpc) is 2.75. The number of hydrogen-bond donors (Lipinski definition) is 2. The number of β-amino-alcohol motifs (C(OH)–C–C–N with tert-alkyl or cyclic N) is 1. The molecule has 1 unspecified atom stereocenters. The van der Waals surface area contributed by atoms with Crippen LogP contribution in [0.5, 0.6) is 0 Å². The molecule has 0 spiro atoms. The van der Waals surface area contributed by atoms with Crippen molar-refractivity contribution in [1.82, 2.24) is 4.90 Å². The van der Waals surface area contributed by atoms with E-state index in [1.54, 1.807) is 24.3 Å². The smallest absolute Gasteiger partial charge is 0.256 e. The van der Waals surface area contributed by atoms with Gasteiger partial charge in [-0.25, -0.2) is 0 Å². The number of aliphatic hydroxyl groups excluding tert-OH is 2. The van der Waals surface area contributed by atoms with Gasteiger partial charge >= 0.3 is 0 Å². The van der Waals surface area contributed by atoms with Crippen molar-refractivity contribution in [2.24, 2.45) is 0 Å². The first kappa shape index (κ1) is 11.1. The summed E-state index contributed by atoms with van der Waals surface area (Å²) in [6, 6.07) is 8.83. The van der Waals surface area contributed by atoms with Crippen LogP contribution in [0, 0.1) is 0 Å². The van der Waals surface area contributed by atoms with E-state index in [9.17, 15) is 15.0 Å². The van der Waals surface area contributed by atoms with Gasteiger partial charge < -0.3 is 15.1 Å². The lowest BCUT2D eigenvalue weighted by molar-refractivity contribution is -0.139. The van der Waals surface area contributed by atoms with E-state index in [4.69, 9.17) is 0 Å². The van der Waals surface area contributed by atoms with Crippen molar-refractivity contribution in [1.29, 1.82) is 0 Å². The van der Waals surface area contributed by atoms with Gasteiger partial charge in [0.15, 0.2) is 6.10 Å². The Balaban J connectivity index is 2.05. The normalized spacial score (nSPS) is 22.1. The predicted octanol–water partition coefficient (Wildman–Crippen LogP) is 0.313. The molecule has 4 heteroatoms. The van der Waals surface area contributed by atoms with Crippen LogP contribution in [-0.4, -0.2) is 40.2 Å². The monoisotopic (exact) mass is 221 g/mol. The zero-order valence-corrected chi connectivity index (χ0v) is 8.91. The Bertz CT molecular complexity index is 366. The van der Waals surface area contributed by atoms with Gasteiger partial charge in [-0.15, -0.1) is 0 Å². The Kier molecular flexibility index (Phi) is 3.22. The van der Waals surface area contributed by atoms with Crippen LogP contribution < -0.4 is 0 Å². The molecule has 1 heterocycles. The molecule has 0 aliphatic carbocycles. The second-order valence-electron chi connectivity index (χ2n) is 4.04. The fraction of sp³-hybridized carbons (Fsp3) is 0.417. The lowest BCUT2D eigenvalue weighted by Gasteiger charge is -2.19. The van der Waals surface area contributed by atoms with Crippen LogP contribution in [0.4, 0.5) is 0 Å². The Morgan fingerprint density at radius 1 is 1.38 bits per heavy atom. The minimum absolute atomic E-state index is 0.322. The molecule has 0 aromatic heterocycles. The maximum absolute atomic E-state index is 11.9. The summed E-state index contributed by atoms with van der Waals surface area (Å²) in [5.41, 5.74) is 0.592. The van der Waals surface area contributed by atoms with Crippen molar-refractivity contribution in [2.45, 2.75) is 18.6 Å². The molecule has 0 saturated carbocycles. The van der Waals surface area contributed by atoms with Crippen molar-refractivity contribution >= 4 is 5.91 Å². The van der Waals surface area contributed by atoms with E-state index in [-0.39, 0.29) is 5.91 Å². The van der Waals surface area contributed by atoms with Gasteiger partial charge in [0.25, 0.3) is 5.91 Å². The number of carbonyl (C=O) groups excluding carboxylic acids is 1. The molecule has 0 bridgehead atoms. The molecule has 0 radical (unpaired) electrons. The SMILES string of the molecule is O=C(C(O)c1ccccc1)N1CC[C@H](O)C1. The van der Waals surface area contributed by atoms with E-state index in [1.165, 1.54) is 4.90 Å². The van der Waals surface area contributed by atoms with Gasteiger partial charge in [-0.05, 0) is 12.0 Å². The first-order valence-corrected chi connectivity index (χ1v) is 5.38. The molecule has 1 aliphatic heterocycles. The molecule has 1 fully saturated rings. The van der Waals surface area contributed by atoms with Gasteiger partial charge in [0.1, 0.15) is 0 Å². The third-order valence-corrected chi connectivity index (χ3v) is 2.82. The molecular formula is C12H15NO3. The molecule has 1 aromatic carbocycles. The quantitative estimate of drug-likeness (QED) is 0.755. The summed E-state index contributed by atoms with van der Waals surface area (Å²) in [4.78, 5) is 13.4. The van der Waals surface area contributed by atoms with Gasteiger partial charge in [0.05, 0.1) is 6.10 Å². The fourth-order valence-electron chi connectivity index (χ4n) is 1.89. The van der Waals surface area contributed by atoms with Crippen LogP contribution in [0.2, 0.25) is 0 Å². The third kappa shape index (κ3) is 2.23. The van der Waals surface area contributed by atoms with Crippen molar-refractivity contribution < 1.29 is 15.0 Å². The van der Waals surface area contributed by atoms with E-state index >= 15 is 0 Å². The molecule has 1 aromatic rings. The largest absolute Gasteiger partial charge is 0.391 e. The molecule has 4 nitrogen and oxygen atoms in total. The summed E-state index contributed by atoms with van der Waals surface area (Å²) < 4.78 is 0. The van der Waals surface area contributed by atoms with Crippen LogP contribution in [-0.2, 0) is 4.79 Å². The van der Waals surface area contributed by atoms with E-state index in [2.05, 4.69) is 0 Å². The molecule has 1 aliphatic rings. The highest BCUT2D eigenvalue weighted by molar-refractivity contribution is 5.82. The number of likely N-dealkylation sites (tertiary alicyclic amines) is 1. The maximum atomic E-state index is 11.9. The van der Waals surface area contributed by atoms with Crippen molar-refractivity contribution in [3.63, 3.8) is 0 Å².